The van der Waals surface area contributed by atoms with Crippen LogP contribution in [0.3, 0.4) is 0 Å². The van der Waals surface area contributed by atoms with Crippen LogP contribution < -0.4 is 0 Å². The zero-order chi connectivity index (χ0) is 15.5. The van der Waals surface area contributed by atoms with Crippen molar-refractivity contribution in [2.24, 2.45) is 0 Å². The monoisotopic (exact) mass is 303 g/mol. The molecule has 2 aliphatic heterocycles. The van der Waals surface area contributed by atoms with E-state index < -0.39 is 4.92 Å². The van der Waals surface area contributed by atoms with Gasteiger partial charge < -0.3 is 4.90 Å². The van der Waals surface area contributed by atoms with Crippen molar-refractivity contribution in [1.29, 1.82) is 0 Å². The number of nitro groups is 1. The second kappa shape index (κ2) is 6.44. The summed E-state index contributed by atoms with van der Waals surface area (Å²) in [6, 6.07) is 6.38. The molecule has 6 nitrogen and oxygen atoms in total. The molecule has 1 aromatic rings. The van der Waals surface area contributed by atoms with Crippen molar-refractivity contribution in [2.45, 2.75) is 31.7 Å². The number of nitrogens with zero attached hydrogens (tertiary/aromatic N) is 3. The van der Waals surface area contributed by atoms with Crippen LogP contribution in [0.4, 0.5) is 5.69 Å². The van der Waals surface area contributed by atoms with Gasteiger partial charge in [-0.3, -0.25) is 19.8 Å². The SMILES string of the molecule is O=C(c1ccc([N+](=O)[O-])cc1)N1CCC[C@H](N2CCCC2)C1. The Balaban J connectivity index is 1.67. The van der Waals surface area contributed by atoms with E-state index in [1.54, 1.807) is 12.1 Å². The number of carbonyl (C=O) groups is 1. The number of amides is 1. The smallest absolute Gasteiger partial charge is 0.269 e. The van der Waals surface area contributed by atoms with Crippen molar-refractivity contribution < 1.29 is 9.72 Å². The van der Waals surface area contributed by atoms with Crippen LogP contribution in [0.15, 0.2) is 24.3 Å². The molecular weight excluding hydrogens is 282 g/mol. The highest BCUT2D eigenvalue weighted by Gasteiger charge is 2.29. The summed E-state index contributed by atoms with van der Waals surface area (Å²) < 4.78 is 0. The van der Waals surface area contributed by atoms with Gasteiger partial charge in [0, 0.05) is 36.8 Å². The molecule has 0 aliphatic carbocycles. The number of hydrogen-bond acceptors (Lipinski definition) is 4. The van der Waals surface area contributed by atoms with E-state index in [4.69, 9.17) is 0 Å². The summed E-state index contributed by atoms with van der Waals surface area (Å²) >= 11 is 0. The van der Waals surface area contributed by atoms with Crippen LogP contribution in [-0.2, 0) is 0 Å². The molecule has 1 aromatic carbocycles. The van der Waals surface area contributed by atoms with Gasteiger partial charge in [0.1, 0.15) is 0 Å². The molecule has 0 radical (unpaired) electrons. The van der Waals surface area contributed by atoms with Crippen molar-refractivity contribution in [3.8, 4) is 0 Å². The molecule has 0 saturated carbocycles. The summed E-state index contributed by atoms with van der Waals surface area (Å²) in [6.07, 6.45) is 4.70. The molecule has 2 fully saturated rings. The molecule has 2 heterocycles. The predicted molar refractivity (Wildman–Crippen MR) is 82.8 cm³/mol. The van der Waals surface area contributed by atoms with Gasteiger partial charge in [-0.05, 0) is 50.9 Å². The number of non-ortho nitro benzene ring substituents is 1. The molecule has 118 valence electrons. The van der Waals surface area contributed by atoms with Gasteiger partial charge >= 0.3 is 0 Å². The van der Waals surface area contributed by atoms with E-state index in [0.29, 0.717) is 11.6 Å². The summed E-state index contributed by atoms with van der Waals surface area (Å²) in [5.74, 6) is -0.0150. The first kappa shape index (κ1) is 15.0. The fourth-order valence-electron chi connectivity index (χ4n) is 3.45. The van der Waals surface area contributed by atoms with Gasteiger partial charge in [0.25, 0.3) is 11.6 Å². The summed E-state index contributed by atoms with van der Waals surface area (Å²) in [5, 5.41) is 10.7. The van der Waals surface area contributed by atoms with E-state index in [1.165, 1.54) is 25.0 Å². The van der Waals surface area contributed by atoms with Crippen molar-refractivity contribution in [3.63, 3.8) is 0 Å². The van der Waals surface area contributed by atoms with E-state index >= 15 is 0 Å². The molecule has 3 rings (SSSR count). The molecule has 0 aromatic heterocycles. The molecule has 2 saturated heterocycles. The molecule has 0 spiro atoms. The van der Waals surface area contributed by atoms with Gasteiger partial charge in [-0.2, -0.15) is 0 Å². The Morgan fingerprint density at radius 2 is 1.77 bits per heavy atom. The third kappa shape index (κ3) is 3.11. The zero-order valence-corrected chi connectivity index (χ0v) is 12.6. The minimum Gasteiger partial charge on any atom is -0.337 e. The fraction of sp³-hybridized carbons (Fsp3) is 0.562. The molecule has 0 N–H and O–H groups in total. The number of rotatable bonds is 3. The van der Waals surface area contributed by atoms with Crippen LogP contribution >= 0.6 is 0 Å². The number of nitro benzene ring substituents is 1. The Labute approximate surface area is 129 Å². The Bertz CT molecular complexity index is 552. The lowest BCUT2D eigenvalue weighted by Crippen LogP contribution is -2.48. The lowest BCUT2D eigenvalue weighted by Gasteiger charge is -2.37. The third-order valence-electron chi connectivity index (χ3n) is 4.67. The molecule has 1 amide bonds. The van der Waals surface area contributed by atoms with Crippen molar-refractivity contribution >= 4 is 11.6 Å². The van der Waals surface area contributed by atoms with E-state index in [1.807, 2.05) is 4.90 Å². The topological polar surface area (TPSA) is 66.7 Å². The minimum absolute atomic E-state index is 0.0150. The van der Waals surface area contributed by atoms with Crippen molar-refractivity contribution in [2.75, 3.05) is 26.2 Å². The van der Waals surface area contributed by atoms with Crippen LogP contribution in [0, 0.1) is 10.1 Å². The normalized spacial score (nSPS) is 22.7. The fourth-order valence-corrected chi connectivity index (χ4v) is 3.45. The standard InChI is InChI=1S/C16H21N3O3/c20-16(13-5-7-14(8-6-13)19(21)22)18-11-3-4-15(12-18)17-9-1-2-10-17/h5-8,15H,1-4,9-12H2/t15-/m0/s1. The Morgan fingerprint density at radius 1 is 1.09 bits per heavy atom. The second-order valence-electron chi connectivity index (χ2n) is 6.09. The quantitative estimate of drug-likeness (QED) is 0.635. The molecule has 22 heavy (non-hydrogen) atoms. The van der Waals surface area contributed by atoms with Crippen LogP contribution in [0.25, 0.3) is 0 Å². The number of carbonyl (C=O) groups excluding carboxylic acids is 1. The van der Waals surface area contributed by atoms with Gasteiger partial charge in [0.2, 0.25) is 0 Å². The maximum atomic E-state index is 12.6. The number of hydrogen-bond donors (Lipinski definition) is 0. The van der Waals surface area contributed by atoms with E-state index in [9.17, 15) is 14.9 Å². The predicted octanol–water partition coefficient (Wildman–Crippen LogP) is 2.30. The first-order valence-electron chi connectivity index (χ1n) is 7.93. The van der Waals surface area contributed by atoms with Gasteiger partial charge in [0.15, 0.2) is 0 Å². The average molecular weight is 303 g/mol. The third-order valence-corrected chi connectivity index (χ3v) is 4.67. The number of likely N-dealkylation sites (tertiary alicyclic amines) is 2. The maximum Gasteiger partial charge on any atom is 0.269 e. The number of piperidine rings is 1. The second-order valence-corrected chi connectivity index (χ2v) is 6.09. The van der Waals surface area contributed by atoms with Gasteiger partial charge in [-0.1, -0.05) is 0 Å². The average Bonchev–Trinajstić information content (AvgIpc) is 3.09. The lowest BCUT2D eigenvalue weighted by atomic mass is 10.0. The summed E-state index contributed by atoms with van der Waals surface area (Å²) in [6.45, 7) is 3.84. The highest BCUT2D eigenvalue weighted by molar-refractivity contribution is 5.94. The van der Waals surface area contributed by atoms with Crippen LogP contribution in [0.1, 0.15) is 36.0 Å². The van der Waals surface area contributed by atoms with E-state index in [2.05, 4.69) is 4.90 Å². The van der Waals surface area contributed by atoms with Gasteiger partial charge in [-0.15, -0.1) is 0 Å². The van der Waals surface area contributed by atoms with E-state index in [0.717, 1.165) is 39.0 Å². The first-order valence-corrected chi connectivity index (χ1v) is 7.93. The molecular formula is C16H21N3O3. The van der Waals surface area contributed by atoms with Crippen molar-refractivity contribution in [3.05, 3.63) is 39.9 Å². The molecule has 2 aliphatic rings. The zero-order valence-electron chi connectivity index (χ0n) is 12.6. The minimum atomic E-state index is -0.446. The molecule has 0 unspecified atom stereocenters. The van der Waals surface area contributed by atoms with Crippen LogP contribution in [-0.4, -0.2) is 52.9 Å². The van der Waals surface area contributed by atoms with Crippen LogP contribution in [0.2, 0.25) is 0 Å². The summed E-state index contributed by atoms with van der Waals surface area (Å²) in [7, 11) is 0. The Kier molecular flexibility index (Phi) is 4.38. The molecule has 0 bridgehead atoms. The lowest BCUT2D eigenvalue weighted by molar-refractivity contribution is -0.384. The maximum absolute atomic E-state index is 12.6. The van der Waals surface area contributed by atoms with E-state index in [-0.39, 0.29) is 11.6 Å². The van der Waals surface area contributed by atoms with Crippen LogP contribution in [0.5, 0.6) is 0 Å². The molecule has 1 atom stereocenters. The summed E-state index contributed by atoms with van der Waals surface area (Å²) in [5.41, 5.74) is 0.554. The summed E-state index contributed by atoms with van der Waals surface area (Å²) in [4.78, 5) is 27.2. The highest BCUT2D eigenvalue weighted by atomic mass is 16.6. The first-order chi connectivity index (χ1) is 10.6. The number of benzene rings is 1. The Hall–Kier alpha value is -1.95. The largest absolute Gasteiger partial charge is 0.337 e. The Morgan fingerprint density at radius 3 is 2.41 bits per heavy atom. The van der Waals surface area contributed by atoms with Gasteiger partial charge in [0.05, 0.1) is 4.92 Å². The van der Waals surface area contributed by atoms with Gasteiger partial charge in [-0.25, -0.2) is 0 Å². The highest BCUT2D eigenvalue weighted by Crippen LogP contribution is 2.22. The molecule has 6 heteroatoms. The van der Waals surface area contributed by atoms with Crippen molar-refractivity contribution in [1.82, 2.24) is 9.80 Å².